The molecule has 2 aromatic rings. The molecule has 1 aliphatic rings. The van der Waals surface area contributed by atoms with E-state index in [0.717, 1.165) is 23.5 Å². The molecule has 0 spiro atoms. The highest BCUT2D eigenvalue weighted by molar-refractivity contribution is 14.0. The first-order valence-corrected chi connectivity index (χ1v) is 7.89. The van der Waals surface area contributed by atoms with Crippen LogP contribution in [-0.2, 0) is 0 Å². The fourth-order valence-electron chi connectivity index (χ4n) is 2.78. The molecule has 1 aromatic carbocycles. The van der Waals surface area contributed by atoms with E-state index >= 15 is 0 Å². The monoisotopic (exact) mass is 443 g/mol. The van der Waals surface area contributed by atoms with Gasteiger partial charge in [-0.1, -0.05) is 18.2 Å². The van der Waals surface area contributed by atoms with Gasteiger partial charge in [0.25, 0.3) is 0 Å². The molecule has 3 rings (SSSR count). The number of guanidine groups is 1. The van der Waals surface area contributed by atoms with Crippen molar-refractivity contribution in [2.45, 2.75) is 38.3 Å². The van der Waals surface area contributed by atoms with Gasteiger partial charge < -0.3 is 15.1 Å². The predicted molar refractivity (Wildman–Crippen MR) is 104 cm³/mol. The van der Waals surface area contributed by atoms with Crippen LogP contribution < -0.4 is 10.6 Å². The zero-order valence-corrected chi connectivity index (χ0v) is 16.4. The van der Waals surface area contributed by atoms with Crippen LogP contribution in [0.25, 0.3) is 0 Å². The highest BCUT2D eigenvalue weighted by Crippen LogP contribution is 2.41. The van der Waals surface area contributed by atoms with Crippen molar-refractivity contribution in [2.75, 3.05) is 7.05 Å². The molecule has 130 valence electrons. The van der Waals surface area contributed by atoms with Crippen LogP contribution in [0.3, 0.4) is 0 Å². The molecular weight excluding hydrogens is 420 g/mol. The Morgan fingerprint density at radius 1 is 1.29 bits per heavy atom. The number of aryl methyl sites for hydroxylation is 1. The van der Waals surface area contributed by atoms with E-state index in [1.807, 2.05) is 38.1 Å². The lowest BCUT2D eigenvalue weighted by Gasteiger charge is -2.16. The fraction of sp³-hybridized carbons (Fsp3) is 0.389. The normalized spacial score (nSPS) is 20.9. The zero-order valence-electron chi connectivity index (χ0n) is 14.0. The van der Waals surface area contributed by atoms with Gasteiger partial charge in [-0.3, -0.25) is 4.99 Å². The number of hydrogen-bond donors (Lipinski definition) is 2. The van der Waals surface area contributed by atoms with Gasteiger partial charge in [-0.2, -0.15) is 0 Å². The summed E-state index contributed by atoms with van der Waals surface area (Å²) in [7, 11) is 1.73. The Labute approximate surface area is 159 Å². The lowest BCUT2D eigenvalue weighted by atomic mass is 10.1. The van der Waals surface area contributed by atoms with Gasteiger partial charge in [-0.25, -0.2) is 4.39 Å². The smallest absolute Gasteiger partial charge is 0.191 e. The van der Waals surface area contributed by atoms with Crippen molar-refractivity contribution in [3.63, 3.8) is 0 Å². The molecule has 2 N–H and O–H groups in total. The Morgan fingerprint density at radius 3 is 2.67 bits per heavy atom. The minimum absolute atomic E-state index is 0. The summed E-state index contributed by atoms with van der Waals surface area (Å²) in [6.07, 6.45) is 0.913. The number of benzene rings is 1. The van der Waals surface area contributed by atoms with Gasteiger partial charge in [0.05, 0.1) is 6.04 Å². The van der Waals surface area contributed by atoms with Gasteiger partial charge in [0.1, 0.15) is 17.3 Å². The largest absolute Gasteiger partial charge is 0.464 e. The number of aliphatic imine (C=N–C) groups is 1. The number of nitrogens with one attached hydrogen (secondary N) is 2. The molecular formula is C18H23FIN3O. The van der Waals surface area contributed by atoms with E-state index < -0.39 is 0 Å². The van der Waals surface area contributed by atoms with Crippen molar-refractivity contribution >= 4 is 29.9 Å². The average molecular weight is 443 g/mol. The van der Waals surface area contributed by atoms with Gasteiger partial charge in [0.15, 0.2) is 5.96 Å². The summed E-state index contributed by atoms with van der Waals surface area (Å²) < 4.78 is 19.4. The van der Waals surface area contributed by atoms with Gasteiger partial charge in [0.2, 0.25) is 0 Å². The number of furan rings is 1. The van der Waals surface area contributed by atoms with E-state index in [2.05, 4.69) is 15.6 Å². The van der Waals surface area contributed by atoms with Crippen LogP contribution in [0, 0.1) is 12.7 Å². The molecule has 0 saturated heterocycles. The van der Waals surface area contributed by atoms with Crippen LogP contribution in [0.15, 0.2) is 45.8 Å². The molecule has 0 bridgehead atoms. The topological polar surface area (TPSA) is 49.6 Å². The Balaban J connectivity index is 0.00000208. The van der Waals surface area contributed by atoms with E-state index in [0.29, 0.717) is 5.96 Å². The standard InChI is InChI=1S/C18H22FN3O.HI/c1-11-8-9-17(23-11)12(2)21-18(20-3)22-16-10-14(16)13-6-4-5-7-15(13)19;/h4-9,12,14,16H,10H2,1-3H3,(H2,20,21,22);1H. The van der Waals surface area contributed by atoms with Crippen LogP contribution in [0.2, 0.25) is 0 Å². The second-order valence-electron chi connectivity index (χ2n) is 6.00. The Morgan fingerprint density at radius 2 is 2.04 bits per heavy atom. The molecule has 24 heavy (non-hydrogen) atoms. The van der Waals surface area contributed by atoms with Crippen molar-refractivity contribution in [3.05, 3.63) is 59.3 Å². The molecule has 1 saturated carbocycles. The summed E-state index contributed by atoms with van der Waals surface area (Å²) in [6, 6.07) is 11.1. The molecule has 0 aliphatic heterocycles. The van der Waals surface area contributed by atoms with Crippen molar-refractivity contribution < 1.29 is 8.81 Å². The molecule has 3 atom stereocenters. The number of halogens is 2. The Bertz CT molecular complexity index is 716. The van der Waals surface area contributed by atoms with Crippen molar-refractivity contribution in [3.8, 4) is 0 Å². The van der Waals surface area contributed by atoms with E-state index in [9.17, 15) is 4.39 Å². The zero-order chi connectivity index (χ0) is 16.4. The second kappa shape index (κ2) is 8.00. The van der Waals surface area contributed by atoms with Crippen LogP contribution in [0.1, 0.15) is 42.4 Å². The van der Waals surface area contributed by atoms with Gasteiger partial charge in [0, 0.05) is 19.0 Å². The third-order valence-corrected chi connectivity index (χ3v) is 4.18. The van der Waals surface area contributed by atoms with Crippen molar-refractivity contribution in [1.29, 1.82) is 0 Å². The van der Waals surface area contributed by atoms with Crippen molar-refractivity contribution in [1.82, 2.24) is 10.6 Å². The molecule has 1 heterocycles. The molecule has 1 aromatic heterocycles. The third-order valence-electron chi connectivity index (χ3n) is 4.18. The number of rotatable bonds is 4. The van der Waals surface area contributed by atoms with Gasteiger partial charge >= 0.3 is 0 Å². The molecule has 3 unspecified atom stereocenters. The highest BCUT2D eigenvalue weighted by Gasteiger charge is 2.40. The minimum Gasteiger partial charge on any atom is -0.464 e. The van der Waals surface area contributed by atoms with Crippen LogP contribution >= 0.6 is 24.0 Å². The Kier molecular flexibility index (Phi) is 6.26. The minimum atomic E-state index is -0.135. The summed E-state index contributed by atoms with van der Waals surface area (Å²) in [5.41, 5.74) is 0.773. The number of nitrogens with zero attached hydrogens (tertiary/aromatic N) is 1. The van der Waals surface area contributed by atoms with E-state index in [1.165, 1.54) is 6.07 Å². The first-order chi connectivity index (χ1) is 11.1. The SMILES string of the molecule is CN=C(NC(C)c1ccc(C)o1)NC1CC1c1ccccc1F.I. The molecule has 0 amide bonds. The van der Waals surface area contributed by atoms with E-state index in [4.69, 9.17) is 4.42 Å². The van der Waals surface area contributed by atoms with Crippen LogP contribution in [-0.4, -0.2) is 19.0 Å². The Hall–Kier alpha value is -1.57. The molecule has 1 fully saturated rings. The fourth-order valence-corrected chi connectivity index (χ4v) is 2.78. The third kappa shape index (κ3) is 4.28. The second-order valence-corrected chi connectivity index (χ2v) is 6.00. The maximum Gasteiger partial charge on any atom is 0.191 e. The lowest BCUT2D eigenvalue weighted by molar-refractivity contribution is 0.441. The first-order valence-electron chi connectivity index (χ1n) is 7.89. The molecule has 0 radical (unpaired) electrons. The quantitative estimate of drug-likeness (QED) is 0.425. The summed E-state index contributed by atoms with van der Waals surface area (Å²) in [6.45, 7) is 3.94. The van der Waals surface area contributed by atoms with Gasteiger partial charge in [-0.05, 0) is 44.0 Å². The number of hydrogen-bond acceptors (Lipinski definition) is 2. The van der Waals surface area contributed by atoms with Crippen LogP contribution in [0.4, 0.5) is 4.39 Å². The van der Waals surface area contributed by atoms with E-state index in [1.54, 1.807) is 13.1 Å². The maximum atomic E-state index is 13.8. The molecule has 6 heteroatoms. The highest BCUT2D eigenvalue weighted by atomic mass is 127. The summed E-state index contributed by atoms with van der Waals surface area (Å²) in [5.74, 6) is 2.53. The molecule has 1 aliphatic carbocycles. The average Bonchev–Trinajstić information content (AvgIpc) is 3.15. The molecule has 4 nitrogen and oxygen atoms in total. The maximum absolute atomic E-state index is 13.8. The summed E-state index contributed by atoms with van der Waals surface area (Å²) in [5, 5.41) is 6.66. The van der Waals surface area contributed by atoms with E-state index in [-0.39, 0.29) is 47.8 Å². The first kappa shape index (κ1) is 18.8. The summed E-state index contributed by atoms with van der Waals surface area (Å²) in [4.78, 5) is 4.25. The van der Waals surface area contributed by atoms with Crippen molar-refractivity contribution in [2.24, 2.45) is 4.99 Å². The lowest BCUT2D eigenvalue weighted by Crippen LogP contribution is -2.40. The van der Waals surface area contributed by atoms with Gasteiger partial charge in [-0.15, -0.1) is 24.0 Å². The summed E-state index contributed by atoms with van der Waals surface area (Å²) >= 11 is 0. The predicted octanol–water partition coefficient (Wildman–Crippen LogP) is 4.13. The van der Waals surface area contributed by atoms with Crippen LogP contribution in [0.5, 0.6) is 0 Å².